The van der Waals surface area contributed by atoms with E-state index in [1.54, 1.807) is 13.5 Å². The Labute approximate surface area is 37.5 Å². The average molecular weight is 108 g/mol. The molecule has 1 heterocycles. The molecule has 1 saturated heterocycles. The normalized spacial score (nSPS) is 32.8. The molecule has 0 spiro atoms. The van der Waals surface area contributed by atoms with Crippen molar-refractivity contribution in [2.24, 2.45) is 0 Å². The summed E-state index contributed by atoms with van der Waals surface area (Å²) in [5.41, 5.74) is 0. The van der Waals surface area contributed by atoms with Crippen molar-refractivity contribution in [1.29, 1.82) is 0 Å². The number of hydrogen-bond acceptors (Lipinski definition) is 1. The molecule has 6 heavy (non-hydrogen) atoms. The Morgan fingerprint density at radius 3 is 2.00 bits per heavy atom. The Balaban J connectivity index is 2.41. The van der Waals surface area contributed by atoms with E-state index in [2.05, 4.69) is 4.44 Å². The summed E-state index contributed by atoms with van der Waals surface area (Å²) in [7, 11) is -2.46. The van der Waals surface area contributed by atoms with Crippen molar-refractivity contribution in [2.45, 2.75) is 6.82 Å². The van der Waals surface area contributed by atoms with Crippen molar-refractivity contribution < 1.29 is 8.64 Å². The van der Waals surface area contributed by atoms with Gasteiger partial charge in [-0.3, -0.25) is 0 Å². The first-order valence-corrected chi connectivity index (χ1v) is 4.36. The molecular weight excluding hydrogens is 101 g/mol. The Bertz CT molecular complexity index is 75.9. The number of halogens is 1. The summed E-state index contributed by atoms with van der Waals surface area (Å²) >= 11 is 0. The topological polar surface area (TPSA) is 12.5 Å². The van der Waals surface area contributed by atoms with Crippen molar-refractivity contribution in [3.05, 3.63) is 0 Å². The fraction of sp³-hybridized carbons (Fsp3) is 1.00. The molecule has 0 atom stereocenters. The molecule has 4 heteroatoms. The molecule has 1 nitrogen and oxygen atoms in total. The minimum atomic E-state index is -2.46. The third-order valence-electron chi connectivity index (χ3n) is 1.08. The molecule has 0 amide bonds. The van der Waals surface area contributed by atoms with Crippen LogP contribution in [0.3, 0.4) is 0 Å². The summed E-state index contributed by atoms with van der Waals surface area (Å²) < 4.78 is 16.7. The van der Waals surface area contributed by atoms with Crippen LogP contribution in [-0.2, 0) is 4.44 Å². The molecule has 0 bridgehead atoms. The monoisotopic (exact) mass is 108 g/mol. The molecule has 0 N–H and O–H groups in total. The Kier molecular flexibility index (Phi) is 0.727. The standard InChI is InChI=1S/C2H7BFOP/c1-3-5-6(3,2)4/h6H,1-2H3. The number of rotatable bonds is 0. The van der Waals surface area contributed by atoms with Gasteiger partial charge in [-0.05, 0) is 0 Å². The van der Waals surface area contributed by atoms with E-state index in [0.717, 1.165) is 0 Å². The Morgan fingerprint density at radius 2 is 2.00 bits per heavy atom. The van der Waals surface area contributed by atoms with E-state index in [4.69, 9.17) is 0 Å². The quantitative estimate of drug-likeness (QED) is 0.259. The van der Waals surface area contributed by atoms with E-state index in [9.17, 15) is 4.20 Å². The fourth-order valence-corrected chi connectivity index (χ4v) is 1.42. The van der Waals surface area contributed by atoms with Crippen molar-refractivity contribution in [3.8, 4) is 0 Å². The van der Waals surface area contributed by atoms with Crippen molar-refractivity contribution in [3.63, 3.8) is 0 Å². The van der Waals surface area contributed by atoms with Gasteiger partial charge in [-0.2, -0.15) is 0 Å². The van der Waals surface area contributed by atoms with Gasteiger partial charge in [-0.15, -0.1) is 0 Å². The van der Waals surface area contributed by atoms with Gasteiger partial charge in [0, 0.05) is 0 Å². The molecule has 36 valence electrons. The van der Waals surface area contributed by atoms with Gasteiger partial charge in [0.05, 0.1) is 0 Å². The molecule has 0 saturated carbocycles. The summed E-state index contributed by atoms with van der Waals surface area (Å²) in [6.07, 6.45) is 0. The Hall–Kier alpha value is 0.385. The summed E-state index contributed by atoms with van der Waals surface area (Å²) in [5.74, 6) is 0. The van der Waals surface area contributed by atoms with E-state index < -0.39 is 7.68 Å². The molecule has 1 rings (SSSR count). The van der Waals surface area contributed by atoms with Gasteiger partial charge in [0.2, 0.25) is 0 Å². The first-order chi connectivity index (χ1) is 2.63. The second-order valence-corrected chi connectivity index (χ2v) is 4.77. The van der Waals surface area contributed by atoms with E-state index in [1.807, 2.05) is 0 Å². The molecule has 0 aromatic carbocycles. The zero-order valence-corrected chi connectivity index (χ0v) is 4.86. The maximum absolute atomic E-state index is 12.1. The van der Waals surface area contributed by atoms with E-state index in [0.29, 0.717) is 0 Å². The van der Waals surface area contributed by atoms with Crippen LogP contribution in [-0.4, -0.2) is 13.3 Å². The molecule has 0 aliphatic carbocycles. The van der Waals surface area contributed by atoms with E-state index in [1.165, 1.54) is 0 Å². The Morgan fingerprint density at radius 1 is 1.83 bits per heavy atom. The van der Waals surface area contributed by atoms with Crippen LogP contribution in [0.15, 0.2) is 0 Å². The first-order valence-electron chi connectivity index (χ1n) is 1.99. The SMILES string of the molecule is CB1O[PH]1(C)F. The van der Waals surface area contributed by atoms with Crippen LogP contribution >= 0.6 is 7.68 Å². The number of hydrogen-bond donors (Lipinski definition) is 0. The van der Waals surface area contributed by atoms with Crippen molar-refractivity contribution in [1.82, 2.24) is 0 Å². The van der Waals surface area contributed by atoms with Gasteiger partial charge in [-0.1, -0.05) is 0 Å². The fourth-order valence-electron chi connectivity index (χ4n) is 0.312. The summed E-state index contributed by atoms with van der Waals surface area (Å²) in [4.78, 5) is 0. The summed E-state index contributed by atoms with van der Waals surface area (Å²) in [5, 5.41) is 0. The predicted octanol–water partition coefficient (Wildman–Crippen LogP) is 1.31. The van der Waals surface area contributed by atoms with Crippen LogP contribution < -0.4 is 0 Å². The molecule has 1 aliphatic heterocycles. The first kappa shape index (κ1) is 4.54. The maximum atomic E-state index is 12.1. The van der Waals surface area contributed by atoms with Crippen LogP contribution in [0.4, 0.5) is 4.20 Å². The minimum absolute atomic E-state index is 0.0301. The molecule has 0 aromatic heterocycles. The molecule has 1 aliphatic rings. The molecule has 0 unspecified atom stereocenters. The summed E-state index contributed by atoms with van der Waals surface area (Å²) in [6, 6.07) is 0. The third kappa shape index (κ3) is 0.570. The van der Waals surface area contributed by atoms with Crippen LogP contribution in [0.1, 0.15) is 0 Å². The van der Waals surface area contributed by atoms with Gasteiger partial charge >= 0.3 is 36.4 Å². The molecule has 1 fully saturated rings. The second kappa shape index (κ2) is 0.960. The second-order valence-electron chi connectivity index (χ2n) is 1.75. The van der Waals surface area contributed by atoms with Crippen LogP contribution in [0.5, 0.6) is 0 Å². The van der Waals surface area contributed by atoms with Crippen molar-refractivity contribution >= 4 is 14.3 Å². The van der Waals surface area contributed by atoms with Gasteiger partial charge in [0.25, 0.3) is 0 Å². The van der Waals surface area contributed by atoms with Crippen LogP contribution in [0.2, 0.25) is 6.82 Å². The van der Waals surface area contributed by atoms with Gasteiger partial charge in [0.1, 0.15) is 0 Å². The van der Waals surface area contributed by atoms with Crippen molar-refractivity contribution in [2.75, 3.05) is 6.66 Å². The third-order valence-corrected chi connectivity index (χ3v) is 3.23. The average Bonchev–Trinajstić information content (AvgIpc) is 1.73. The van der Waals surface area contributed by atoms with E-state index >= 15 is 0 Å². The zero-order valence-electron chi connectivity index (χ0n) is 3.86. The predicted molar refractivity (Wildman–Crippen MR) is 28.0 cm³/mol. The van der Waals surface area contributed by atoms with E-state index in [-0.39, 0.29) is 6.64 Å². The zero-order chi connectivity index (χ0) is 4.78. The van der Waals surface area contributed by atoms with Gasteiger partial charge < -0.3 is 0 Å². The molecular formula is C2H7BFOP. The molecule has 0 radical (unpaired) electrons. The van der Waals surface area contributed by atoms with Gasteiger partial charge in [-0.25, -0.2) is 0 Å². The summed E-state index contributed by atoms with van der Waals surface area (Å²) in [6.45, 7) is 3.31. The van der Waals surface area contributed by atoms with Gasteiger partial charge in [0.15, 0.2) is 0 Å². The van der Waals surface area contributed by atoms with Crippen LogP contribution in [0.25, 0.3) is 0 Å². The van der Waals surface area contributed by atoms with Crippen LogP contribution in [0, 0.1) is 0 Å². The molecule has 0 aromatic rings.